The van der Waals surface area contributed by atoms with Gasteiger partial charge in [-0.15, -0.1) is 11.8 Å². The number of nitrogens with two attached hydrogens (primary N) is 1. The molecule has 198 valence electrons. The van der Waals surface area contributed by atoms with Crippen LogP contribution < -0.4 is 10.6 Å². The van der Waals surface area contributed by atoms with Gasteiger partial charge in [-0.1, -0.05) is 6.08 Å². The van der Waals surface area contributed by atoms with Crippen molar-refractivity contribution in [3.63, 3.8) is 0 Å². The van der Waals surface area contributed by atoms with Crippen molar-refractivity contribution in [3.8, 4) is 6.07 Å². The fourth-order valence-corrected chi connectivity index (χ4v) is 7.69. The number of nitrogens with zero attached hydrogens (tertiary/aromatic N) is 3. The first-order valence-corrected chi connectivity index (χ1v) is 12.6. The van der Waals surface area contributed by atoms with E-state index in [4.69, 9.17) is 11.0 Å². The average molecular weight is 559 g/mol. The van der Waals surface area contributed by atoms with Crippen LogP contribution in [0.5, 0.6) is 0 Å². The van der Waals surface area contributed by atoms with Gasteiger partial charge < -0.3 is 15.7 Å². The number of hydrogen-bond acceptors (Lipinski definition) is 7. The molecule has 2 unspecified atom stereocenters. The number of carbonyl (C=O) groups excluding carboxylic acids is 1. The third-order valence-corrected chi connectivity index (χ3v) is 9.90. The van der Waals surface area contributed by atoms with E-state index in [1.54, 1.807) is 6.07 Å². The Labute approximate surface area is 206 Å². The van der Waals surface area contributed by atoms with E-state index in [2.05, 4.69) is 0 Å². The van der Waals surface area contributed by atoms with E-state index in [1.807, 2.05) is 0 Å². The van der Waals surface area contributed by atoms with E-state index >= 15 is 0 Å². The molecule has 2 aliphatic rings. The standard InChI is InChI=1S/C20H20F6N4O4S2/c1-11-10-29(14-3-2-12(9-27)8-13(14)19(21,22)23)6-7-30(11)36(33,34)16-5-4-15(35-16)18(32,17(28)31)20(24,25)26/h2-3,5,8,11,15,32H,4,6-7,10H2,1H3,(H2,28,31)/t11-,15?,18?/m1/s1. The van der Waals surface area contributed by atoms with Gasteiger partial charge in [-0.3, -0.25) is 4.79 Å². The summed E-state index contributed by atoms with van der Waals surface area (Å²) in [6, 6.07) is 3.78. The molecule has 1 aromatic carbocycles. The fraction of sp³-hybridized carbons (Fsp3) is 0.500. The Morgan fingerprint density at radius 3 is 2.36 bits per heavy atom. The smallest absolute Gasteiger partial charge is 0.372 e. The van der Waals surface area contributed by atoms with Crippen LogP contribution >= 0.6 is 11.8 Å². The SMILES string of the molecule is C[C@@H]1CN(c2ccc(C#N)cc2C(F)(F)F)CCN1S(=O)(=O)C1=CCC(C(O)(C(N)=O)C(F)(F)F)S1. The molecule has 2 heterocycles. The molecule has 0 bridgehead atoms. The number of primary amides is 1. The summed E-state index contributed by atoms with van der Waals surface area (Å²) in [4.78, 5) is 12.7. The van der Waals surface area contributed by atoms with Crippen molar-refractivity contribution in [3.05, 3.63) is 39.6 Å². The van der Waals surface area contributed by atoms with E-state index in [-0.39, 0.29) is 42.6 Å². The summed E-state index contributed by atoms with van der Waals surface area (Å²) in [5.41, 5.74) is -0.674. The second-order valence-electron chi connectivity index (χ2n) is 8.25. The lowest BCUT2D eigenvalue weighted by atomic mass is 9.95. The largest absolute Gasteiger partial charge is 0.427 e. The first-order valence-electron chi connectivity index (χ1n) is 10.3. The minimum atomic E-state index is -5.44. The van der Waals surface area contributed by atoms with Crippen LogP contribution in [0.25, 0.3) is 0 Å². The summed E-state index contributed by atoms with van der Waals surface area (Å²) in [5, 5.41) is 17.0. The molecule has 3 N–H and O–H groups in total. The van der Waals surface area contributed by atoms with Gasteiger partial charge in [0.25, 0.3) is 11.5 Å². The molecule has 3 rings (SSSR count). The minimum Gasteiger partial charge on any atom is -0.372 e. The lowest BCUT2D eigenvalue weighted by Gasteiger charge is -2.41. The molecule has 1 amide bonds. The second-order valence-corrected chi connectivity index (χ2v) is 11.6. The number of sulfonamides is 1. The van der Waals surface area contributed by atoms with Gasteiger partial charge in [0.1, 0.15) is 4.24 Å². The summed E-state index contributed by atoms with van der Waals surface area (Å²) in [5.74, 6) is -2.07. The zero-order valence-electron chi connectivity index (χ0n) is 18.5. The maximum Gasteiger partial charge on any atom is 0.427 e. The first kappa shape index (κ1) is 28.1. The number of carbonyl (C=O) groups is 1. The zero-order chi connectivity index (χ0) is 27.3. The van der Waals surface area contributed by atoms with Crippen molar-refractivity contribution in [1.82, 2.24) is 4.31 Å². The second kappa shape index (κ2) is 9.43. The van der Waals surface area contributed by atoms with Gasteiger partial charge in [-0.2, -0.15) is 35.9 Å². The van der Waals surface area contributed by atoms with Crippen molar-refractivity contribution < 1.29 is 44.7 Å². The number of piperazine rings is 1. The summed E-state index contributed by atoms with van der Waals surface area (Å²) in [6.07, 6.45) is -9.87. The Morgan fingerprint density at radius 2 is 1.86 bits per heavy atom. The molecule has 1 fully saturated rings. The molecule has 36 heavy (non-hydrogen) atoms. The highest BCUT2D eigenvalue weighted by atomic mass is 32.3. The van der Waals surface area contributed by atoms with Gasteiger partial charge in [-0.25, -0.2) is 8.42 Å². The zero-order valence-corrected chi connectivity index (χ0v) is 20.1. The van der Waals surface area contributed by atoms with Crippen molar-refractivity contribution in [2.45, 2.75) is 42.6 Å². The molecular weight excluding hydrogens is 538 g/mol. The molecule has 16 heteroatoms. The Morgan fingerprint density at radius 1 is 1.22 bits per heavy atom. The highest BCUT2D eigenvalue weighted by Crippen LogP contribution is 2.48. The molecule has 3 atom stereocenters. The molecule has 0 radical (unpaired) electrons. The van der Waals surface area contributed by atoms with Crippen LogP contribution in [0.15, 0.2) is 28.5 Å². The Bertz CT molecular complexity index is 1230. The van der Waals surface area contributed by atoms with E-state index in [0.717, 1.165) is 16.4 Å². The van der Waals surface area contributed by atoms with Crippen LogP contribution in [-0.4, -0.2) is 66.4 Å². The van der Waals surface area contributed by atoms with Gasteiger partial charge in [-0.05, 0) is 31.5 Å². The van der Waals surface area contributed by atoms with Crippen molar-refractivity contribution >= 4 is 33.4 Å². The average Bonchev–Trinajstić information content (AvgIpc) is 3.27. The normalized spacial score (nSPS) is 23.6. The highest BCUT2D eigenvalue weighted by Gasteiger charge is 2.64. The molecule has 0 saturated carbocycles. The number of rotatable bonds is 5. The number of allylic oxidation sites excluding steroid dienone is 1. The van der Waals surface area contributed by atoms with Gasteiger partial charge in [0.15, 0.2) is 0 Å². The van der Waals surface area contributed by atoms with Crippen molar-refractivity contribution in [2.75, 3.05) is 24.5 Å². The lowest BCUT2D eigenvalue weighted by molar-refractivity contribution is -0.249. The number of hydrogen-bond donors (Lipinski definition) is 2. The molecule has 0 spiro atoms. The van der Waals surface area contributed by atoms with Crippen LogP contribution in [0.1, 0.15) is 24.5 Å². The molecule has 0 aliphatic carbocycles. The van der Waals surface area contributed by atoms with E-state index in [9.17, 15) is 44.7 Å². The van der Waals surface area contributed by atoms with Gasteiger partial charge in [0.05, 0.1) is 22.4 Å². The Kier molecular flexibility index (Phi) is 7.36. The number of alkyl halides is 6. The number of amides is 1. The van der Waals surface area contributed by atoms with Crippen LogP contribution in [-0.2, 0) is 21.0 Å². The Balaban J connectivity index is 1.81. The van der Waals surface area contributed by atoms with Gasteiger partial charge in [0, 0.05) is 31.4 Å². The predicted molar refractivity (Wildman–Crippen MR) is 118 cm³/mol. The van der Waals surface area contributed by atoms with Crippen LogP contribution in [0.2, 0.25) is 0 Å². The third kappa shape index (κ3) is 4.89. The molecule has 8 nitrogen and oxygen atoms in total. The van der Waals surface area contributed by atoms with Crippen molar-refractivity contribution in [1.29, 1.82) is 5.26 Å². The van der Waals surface area contributed by atoms with Crippen LogP contribution in [0, 0.1) is 11.3 Å². The number of benzene rings is 1. The molecule has 1 saturated heterocycles. The predicted octanol–water partition coefficient (Wildman–Crippen LogP) is 2.54. The highest BCUT2D eigenvalue weighted by molar-refractivity contribution is 8.18. The van der Waals surface area contributed by atoms with E-state index in [0.29, 0.717) is 6.07 Å². The third-order valence-electron chi connectivity index (χ3n) is 5.93. The number of anilines is 1. The van der Waals surface area contributed by atoms with Crippen LogP contribution in [0.3, 0.4) is 0 Å². The summed E-state index contributed by atoms with van der Waals surface area (Å²) >= 11 is 0.150. The topological polar surface area (TPSA) is 128 Å². The van der Waals surface area contributed by atoms with E-state index in [1.165, 1.54) is 17.9 Å². The summed E-state index contributed by atoms with van der Waals surface area (Å²) in [6.45, 7) is 0.785. The number of thioether (sulfide) groups is 1. The number of aliphatic hydroxyl groups is 1. The number of nitriles is 1. The maximum absolute atomic E-state index is 13.6. The minimum absolute atomic E-state index is 0.150. The summed E-state index contributed by atoms with van der Waals surface area (Å²) in [7, 11) is -4.40. The maximum atomic E-state index is 13.6. The number of halogens is 6. The quantitative estimate of drug-likeness (QED) is 0.532. The monoisotopic (exact) mass is 558 g/mol. The molecule has 2 aliphatic heterocycles. The van der Waals surface area contributed by atoms with Gasteiger partial charge >= 0.3 is 12.4 Å². The molecule has 1 aromatic rings. The van der Waals surface area contributed by atoms with Gasteiger partial charge in [0.2, 0.25) is 10.0 Å². The first-order chi connectivity index (χ1) is 16.4. The fourth-order valence-electron chi connectivity index (χ4n) is 4.08. The molecule has 0 aromatic heterocycles. The van der Waals surface area contributed by atoms with E-state index < -0.39 is 61.4 Å². The lowest BCUT2D eigenvalue weighted by Crippen LogP contribution is -2.61. The molecular formula is C20H20F6N4O4S2. The van der Waals surface area contributed by atoms with Crippen LogP contribution in [0.4, 0.5) is 32.0 Å². The van der Waals surface area contributed by atoms with Crippen molar-refractivity contribution in [2.24, 2.45) is 5.73 Å². The summed E-state index contributed by atoms with van der Waals surface area (Å²) < 4.78 is 108. The Hall–Kier alpha value is -2.48.